The van der Waals surface area contributed by atoms with Gasteiger partial charge in [0, 0.05) is 4.90 Å². The second-order valence-corrected chi connectivity index (χ2v) is 5.78. The standard InChI is InChI=1S/C20H15FS/c21-18-11-13-19(14-12-18)22-15-20(16-7-3-1-4-8-16)17-9-5-2-6-10-17/h1-15H. The molecule has 0 aliphatic rings. The minimum absolute atomic E-state index is 0.209. The van der Waals surface area contributed by atoms with Crippen LogP contribution in [0, 0.1) is 5.82 Å². The van der Waals surface area contributed by atoms with Crippen LogP contribution in [-0.4, -0.2) is 0 Å². The number of rotatable bonds is 4. The molecule has 0 nitrogen and oxygen atoms in total. The summed E-state index contributed by atoms with van der Waals surface area (Å²) in [5.74, 6) is -0.209. The van der Waals surface area contributed by atoms with Crippen molar-refractivity contribution in [3.63, 3.8) is 0 Å². The molecule has 0 unspecified atom stereocenters. The van der Waals surface area contributed by atoms with Gasteiger partial charge in [0.15, 0.2) is 0 Å². The molecule has 0 amide bonds. The zero-order valence-electron chi connectivity index (χ0n) is 11.9. The average molecular weight is 306 g/mol. The van der Waals surface area contributed by atoms with Crippen molar-refractivity contribution in [1.82, 2.24) is 0 Å². The molecule has 0 N–H and O–H groups in total. The van der Waals surface area contributed by atoms with Gasteiger partial charge in [-0.25, -0.2) is 4.39 Å². The van der Waals surface area contributed by atoms with E-state index < -0.39 is 0 Å². The Morgan fingerprint density at radius 2 is 1.18 bits per heavy atom. The lowest BCUT2D eigenvalue weighted by Crippen LogP contribution is -1.86. The third kappa shape index (κ3) is 3.66. The summed E-state index contributed by atoms with van der Waals surface area (Å²) < 4.78 is 13.0. The van der Waals surface area contributed by atoms with Crippen LogP contribution in [0.25, 0.3) is 5.57 Å². The van der Waals surface area contributed by atoms with Gasteiger partial charge in [0.05, 0.1) is 0 Å². The Morgan fingerprint density at radius 3 is 1.68 bits per heavy atom. The Morgan fingerprint density at radius 1 is 0.682 bits per heavy atom. The molecule has 0 saturated carbocycles. The summed E-state index contributed by atoms with van der Waals surface area (Å²) in [5.41, 5.74) is 3.50. The van der Waals surface area contributed by atoms with Crippen molar-refractivity contribution < 1.29 is 4.39 Å². The summed E-state index contributed by atoms with van der Waals surface area (Å²) in [6.45, 7) is 0. The van der Waals surface area contributed by atoms with Gasteiger partial charge >= 0.3 is 0 Å². The molecule has 2 heteroatoms. The summed E-state index contributed by atoms with van der Waals surface area (Å²) in [5, 5.41) is 2.12. The summed E-state index contributed by atoms with van der Waals surface area (Å²) in [4.78, 5) is 1.02. The number of thioether (sulfide) groups is 1. The maximum absolute atomic E-state index is 13.0. The smallest absolute Gasteiger partial charge is 0.123 e. The van der Waals surface area contributed by atoms with E-state index in [2.05, 4.69) is 29.7 Å². The molecule has 3 aromatic carbocycles. The topological polar surface area (TPSA) is 0 Å². The highest BCUT2D eigenvalue weighted by atomic mass is 32.2. The van der Waals surface area contributed by atoms with Gasteiger partial charge in [-0.05, 0) is 46.4 Å². The largest absolute Gasteiger partial charge is 0.207 e. The Bertz CT molecular complexity index is 705. The predicted molar refractivity (Wildman–Crippen MR) is 92.2 cm³/mol. The minimum atomic E-state index is -0.209. The second-order valence-electron chi connectivity index (χ2n) is 4.84. The van der Waals surface area contributed by atoms with E-state index in [0.29, 0.717) is 0 Å². The molecule has 0 radical (unpaired) electrons. The number of benzene rings is 3. The van der Waals surface area contributed by atoms with E-state index in [1.807, 2.05) is 36.4 Å². The highest BCUT2D eigenvalue weighted by Crippen LogP contribution is 2.29. The van der Waals surface area contributed by atoms with E-state index in [9.17, 15) is 4.39 Å². The summed E-state index contributed by atoms with van der Waals surface area (Å²) in [6.07, 6.45) is 0. The van der Waals surface area contributed by atoms with E-state index >= 15 is 0 Å². The first-order valence-electron chi connectivity index (χ1n) is 7.06. The molecule has 0 fully saturated rings. The van der Waals surface area contributed by atoms with Crippen molar-refractivity contribution in [2.75, 3.05) is 0 Å². The van der Waals surface area contributed by atoms with Gasteiger partial charge in [-0.3, -0.25) is 0 Å². The lowest BCUT2D eigenvalue weighted by molar-refractivity contribution is 0.626. The SMILES string of the molecule is Fc1ccc(SC=C(c2ccccc2)c2ccccc2)cc1. The number of hydrogen-bond donors (Lipinski definition) is 0. The highest BCUT2D eigenvalue weighted by Gasteiger charge is 2.04. The first kappa shape index (κ1) is 14.6. The van der Waals surface area contributed by atoms with E-state index in [-0.39, 0.29) is 5.82 Å². The third-order valence-electron chi connectivity index (χ3n) is 3.30. The van der Waals surface area contributed by atoms with Crippen molar-refractivity contribution >= 4 is 17.3 Å². The normalized spacial score (nSPS) is 10.2. The van der Waals surface area contributed by atoms with Gasteiger partial charge < -0.3 is 0 Å². The molecule has 108 valence electrons. The molecule has 3 aromatic rings. The van der Waals surface area contributed by atoms with E-state index in [4.69, 9.17) is 0 Å². The van der Waals surface area contributed by atoms with Crippen molar-refractivity contribution in [2.24, 2.45) is 0 Å². The minimum Gasteiger partial charge on any atom is -0.207 e. The maximum atomic E-state index is 13.0. The molecule has 22 heavy (non-hydrogen) atoms. The fourth-order valence-electron chi connectivity index (χ4n) is 2.18. The van der Waals surface area contributed by atoms with Crippen molar-refractivity contribution in [1.29, 1.82) is 0 Å². The molecule has 0 spiro atoms. The van der Waals surface area contributed by atoms with E-state index in [0.717, 1.165) is 10.5 Å². The predicted octanol–water partition coefficient (Wildman–Crippen LogP) is 6.01. The van der Waals surface area contributed by atoms with Gasteiger partial charge in [-0.2, -0.15) is 0 Å². The van der Waals surface area contributed by atoms with Crippen molar-refractivity contribution in [2.45, 2.75) is 4.90 Å². The molecular formula is C20H15FS. The second kappa shape index (κ2) is 7.10. The Balaban J connectivity index is 1.95. The fraction of sp³-hybridized carbons (Fsp3) is 0. The molecule has 0 heterocycles. The van der Waals surface area contributed by atoms with Crippen LogP contribution < -0.4 is 0 Å². The van der Waals surface area contributed by atoms with Gasteiger partial charge in [0.1, 0.15) is 5.82 Å². The van der Waals surface area contributed by atoms with E-state index in [1.54, 1.807) is 23.9 Å². The van der Waals surface area contributed by atoms with Gasteiger partial charge in [0.25, 0.3) is 0 Å². The summed E-state index contributed by atoms with van der Waals surface area (Å²) >= 11 is 1.60. The van der Waals surface area contributed by atoms with Crippen molar-refractivity contribution in [3.8, 4) is 0 Å². The third-order valence-corrected chi connectivity index (χ3v) is 4.19. The van der Waals surface area contributed by atoms with Crippen LogP contribution >= 0.6 is 11.8 Å². The maximum Gasteiger partial charge on any atom is 0.123 e. The van der Waals surface area contributed by atoms with Crippen LogP contribution in [0.1, 0.15) is 11.1 Å². The Kier molecular flexibility index (Phi) is 4.71. The summed E-state index contributed by atoms with van der Waals surface area (Å²) in [6, 6.07) is 27.1. The Labute approximate surface area is 134 Å². The first-order chi connectivity index (χ1) is 10.8. The molecule has 3 rings (SSSR count). The fourth-order valence-corrected chi connectivity index (χ4v) is 3.00. The molecule has 0 atom stereocenters. The lowest BCUT2D eigenvalue weighted by Gasteiger charge is -2.08. The molecule has 0 aromatic heterocycles. The van der Waals surface area contributed by atoms with Gasteiger partial charge in [0.2, 0.25) is 0 Å². The average Bonchev–Trinajstić information content (AvgIpc) is 2.59. The molecule has 0 aliphatic heterocycles. The van der Waals surface area contributed by atoms with Crippen LogP contribution in [0.15, 0.2) is 95.2 Å². The molecule has 0 saturated heterocycles. The zero-order valence-corrected chi connectivity index (χ0v) is 12.8. The van der Waals surface area contributed by atoms with Crippen molar-refractivity contribution in [3.05, 3.63) is 107 Å². The monoisotopic (exact) mass is 306 g/mol. The van der Waals surface area contributed by atoms with Crippen LogP contribution in [0.4, 0.5) is 4.39 Å². The van der Waals surface area contributed by atoms with Crippen LogP contribution in [0.3, 0.4) is 0 Å². The Hall–Kier alpha value is -2.32. The summed E-state index contributed by atoms with van der Waals surface area (Å²) in [7, 11) is 0. The number of hydrogen-bond acceptors (Lipinski definition) is 1. The molecule has 0 aliphatic carbocycles. The van der Waals surface area contributed by atoms with Crippen LogP contribution in [-0.2, 0) is 0 Å². The van der Waals surface area contributed by atoms with Gasteiger partial charge in [-0.15, -0.1) is 0 Å². The molecular weight excluding hydrogens is 291 g/mol. The van der Waals surface area contributed by atoms with Crippen LogP contribution in [0.2, 0.25) is 0 Å². The zero-order chi connectivity index (χ0) is 15.2. The van der Waals surface area contributed by atoms with E-state index in [1.165, 1.54) is 23.3 Å². The first-order valence-corrected chi connectivity index (χ1v) is 7.94. The van der Waals surface area contributed by atoms with Gasteiger partial charge in [-0.1, -0.05) is 72.4 Å². The lowest BCUT2D eigenvalue weighted by atomic mass is 10.00. The quantitative estimate of drug-likeness (QED) is 0.532. The van der Waals surface area contributed by atoms with Crippen LogP contribution in [0.5, 0.6) is 0 Å². The highest BCUT2D eigenvalue weighted by molar-refractivity contribution is 8.02. The molecule has 0 bridgehead atoms. The number of halogens is 1.